The topological polar surface area (TPSA) is 64.0 Å². The van der Waals surface area contributed by atoms with E-state index in [1.807, 2.05) is 0 Å². The molecule has 2 N–H and O–H groups in total. The van der Waals surface area contributed by atoms with Crippen LogP contribution in [-0.2, 0) is 6.54 Å². The van der Waals surface area contributed by atoms with Gasteiger partial charge >= 0.3 is 6.09 Å². The standard InChI is InChI=1S/C21H22F2N2O3/c22-15-3-1-14(2-4-15)13-25-18-6-5-16(23)11-17(18)19(26)12-21(25)7-9-24(10-8-21)20(27)28/h1-6,11,19,26H,7-10,12-13H2,(H,27,28). The van der Waals surface area contributed by atoms with E-state index in [1.165, 1.54) is 29.2 Å². The fraction of sp³-hybridized carbons (Fsp3) is 0.381. The second-order valence-corrected chi connectivity index (χ2v) is 7.63. The number of halogens is 2. The first kappa shape index (κ1) is 18.7. The van der Waals surface area contributed by atoms with Gasteiger partial charge in [-0.25, -0.2) is 13.6 Å². The molecule has 0 aliphatic carbocycles. The van der Waals surface area contributed by atoms with Gasteiger partial charge in [-0.1, -0.05) is 12.1 Å². The van der Waals surface area contributed by atoms with E-state index >= 15 is 0 Å². The van der Waals surface area contributed by atoms with Crippen molar-refractivity contribution in [2.24, 2.45) is 0 Å². The quantitative estimate of drug-likeness (QED) is 0.819. The summed E-state index contributed by atoms with van der Waals surface area (Å²) in [7, 11) is 0. The van der Waals surface area contributed by atoms with Crippen molar-refractivity contribution >= 4 is 11.8 Å². The molecule has 1 saturated heterocycles. The minimum Gasteiger partial charge on any atom is -0.465 e. The Morgan fingerprint density at radius 3 is 2.36 bits per heavy atom. The van der Waals surface area contributed by atoms with Crippen LogP contribution >= 0.6 is 0 Å². The number of piperidine rings is 1. The van der Waals surface area contributed by atoms with Crippen LogP contribution in [0.15, 0.2) is 42.5 Å². The van der Waals surface area contributed by atoms with E-state index in [-0.39, 0.29) is 5.82 Å². The second kappa shape index (κ2) is 7.05. The van der Waals surface area contributed by atoms with Crippen LogP contribution in [0.4, 0.5) is 19.3 Å². The van der Waals surface area contributed by atoms with Gasteiger partial charge in [-0.05, 0) is 48.7 Å². The molecule has 2 aliphatic rings. The first-order valence-corrected chi connectivity index (χ1v) is 9.35. The number of hydrogen-bond donors (Lipinski definition) is 2. The summed E-state index contributed by atoms with van der Waals surface area (Å²) in [4.78, 5) is 14.8. The lowest BCUT2D eigenvalue weighted by molar-refractivity contribution is 0.0714. The number of rotatable bonds is 2. The Bertz CT molecular complexity index is 880. The van der Waals surface area contributed by atoms with Gasteiger partial charge in [0.1, 0.15) is 11.6 Å². The molecule has 7 heteroatoms. The number of fused-ring (bicyclic) bond motifs is 1. The third-order valence-electron chi connectivity index (χ3n) is 6.00. The molecule has 2 aromatic rings. The third kappa shape index (κ3) is 3.30. The molecule has 1 spiro atoms. The molecule has 1 unspecified atom stereocenters. The van der Waals surface area contributed by atoms with E-state index in [0.717, 1.165) is 11.3 Å². The molecule has 0 aromatic heterocycles. The summed E-state index contributed by atoms with van der Waals surface area (Å²) in [6.45, 7) is 1.22. The summed E-state index contributed by atoms with van der Waals surface area (Å²) in [5.41, 5.74) is 1.74. The van der Waals surface area contributed by atoms with Crippen LogP contribution in [0.5, 0.6) is 0 Å². The summed E-state index contributed by atoms with van der Waals surface area (Å²) < 4.78 is 27.1. The predicted octanol–water partition coefficient (Wildman–Crippen LogP) is 3.92. The highest BCUT2D eigenvalue weighted by molar-refractivity contribution is 5.65. The first-order valence-electron chi connectivity index (χ1n) is 9.35. The van der Waals surface area contributed by atoms with Crippen molar-refractivity contribution in [3.8, 4) is 0 Å². The summed E-state index contributed by atoms with van der Waals surface area (Å²) in [5.74, 6) is -0.721. The highest BCUT2D eigenvalue weighted by Crippen LogP contribution is 2.48. The normalized spacial score (nSPS) is 20.9. The van der Waals surface area contributed by atoms with Gasteiger partial charge in [0.15, 0.2) is 0 Å². The zero-order chi connectivity index (χ0) is 19.9. The molecule has 148 valence electrons. The van der Waals surface area contributed by atoms with Gasteiger partial charge in [-0.15, -0.1) is 0 Å². The van der Waals surface area contributed by atoms with Crippen LogP contribution in [0.1, 0.15) is 36.5 Å². The second-order valence-electron chi connectivity index (χ2n) is 7.63. The van der Waals surface area contributed by atoms with E-state index in [1.54, 1.807) is 18.2 Å². The summed E-state index contributed by atoms with van der Waals surface area (Å²) in [6.07, 6.45) is -0.230. The van der Waals surface area contributed by atoms with Crippen molar-refractivity contribution in [2.75, 3.05) is 18.0 Å². The van der Waals surface area contributed by atoms with Crippen molar-refractivity contribution in [1.29, 1.82) is 0 Å². The van der Waals surface area contributed by atoms with Gasteiger partial charge in [0, 0.05) is 42.8 Å². The molecule has 2 aromatic carbocycles. The van der Waals surface area contributed by atoms with Crippen molar-refractivity contribution in [1.82, 2.24) is 4.90 Å². The van der Waals surface area contributed by atoms with Crippen LogP contribution in [0.25, 0.3) is 0 Å². The largest absolute Gasteiger partial charge is 0.465 e. The Labute approximate surface area is 161 Å². The molecule has 28 heavy (non-hydrogen) atoms. The molecule has 1 fully saturated rings. The number of benzene rings is 2. The number of carbonyl (C=O) groups is 1. The molecule has 0 radical (unpaired) electrons. The fourth-order valence-electron chi connectivity index (χ4n) is 4.49. The van der Waals surface area contributed by atoms with E-state index < -0.39 is 23.6 Å². The molecular formula is C21H22F2N2O3. The Kier molecular flexibility index (Phi) is 4.71. The Morgan fingerprint density at radius 2 is 1.71 bits per heavy atom. The van der Waals surface area contributed by atoms with Crippen LogP contribution < -0.4 is 4.90 Å². The molecule has 2 aliphatic heterocycles. The molecule has 1 atom stereocenters. The lowest BCUT2D eigenvalue weighted by Crippen LogP contribution is -2.58. The zero-order valence-corrected chi connectivity index (χ0v) is 15.3. The van der Waals surface area contributed by atoms with Crippen LogP contribution in [-0.4, -0.2) is 39.8 Å². The van der Waals surface area contributed by atoms with Crippen molar-refractivity contribution < 1.29 is 23.8 Å². The molecule has 4 rings (SSSR count). The molecule has 0 saturated carbocycles. The van der Waals surface area contributed by atoms with Gasteiger partial charge in [-0.2, -0.15) is 0 Å². The summed E-state index contributed by atoms with van der Waals surface area (Å²) in [6, 6.07) is 10.6. The number of aliphatic hydroxyl groups is 1. The lowest BCUT2D eigenvalue weighted by Gasteiger charge is -2.54. The van der Waals surface area contributed by atoms with Crippen molar-refractivity contribution in [3.63, 3.8) is 0 Å². The molecular weight excluding hydrogens is 366 g/mol. The van der Waals surface area contributed by atoms with Gasteiger partial charge in [0.2, 0.25) is 0 Å². The van der Waals surface area contributed by atoms with E-state index in [9.17, 15) is 23.8 Å². The molecule has 1 amide bonds. The maximum absolute atomic E-state index is 13.8. The average molecular weight is 388 g/mol. The number of anilines is 1. The maximum Gasteiger partial charge on any atom is 0.407 e. The highest BCUT2D eigenvalue weighted by Gasteiger charge is 2.46. The Hall–Kier alpha value is -2.67. The first-order chi connectivity index (χ1) is 13.4. The van der Waals surface area contributed by atoms with E-state index in [2.05, 4.69) is 4.90 Å². The molecule has 2 heterocycles. The number of amides is 1. The fourth-order valence-corrected chi connectivity index (χ4v) is 4.49. The Morgan fingerprint density at radius 1 is 1.07 bits per heavy atom. The zero-order valence-electron chi connectivity index (χ0n) is 15.3. The van der Waals surface area contributed by atoms with Gasteiger partial charge in [0.05, 0.1) is 6.10 Å². The van der Waals surface area contributed by atoms with Crippen LogP contribution in [0.3, 0.4) is 0 Å². The van der Waals surface area contributed by atoms with E-state index in [4.69, 9.17) is 0 Å². The number of nitrogens with zero attached hydrogens (tertiary/aromatic N) is 2. The number of hydrogen-bond acceptors (Lipinski definition) is 3. The maximum atomic E-state index is 13.8. The van der Waals surface area contributed by atoms with Gasteiger partial charge in [-0.3, -0.25) is 0 Å². The lowest BCUT2D eigenvalue weighted by atomic mass is 9.75. The molecule has 0 bridgehead atoms. The number of carboxylic acid groups (broad SMARTS) is 1. The Balaban J connectivity index is 1.73. The average Bonchev–Trinajstić information content (AvgIpc) is 2.67. The minimum atomic E-state index is -0.946. The highest BCUT2D eigenvalue weighted by atomic mass is 19.1. The number of likely N-dealkylation sites (tertiary alicyclic amines) is 1. The monoisotopic (exact) mass is 388 g/mol. The van der Waals surface area contributed by atoms with Gasteiger partial charge < -0.3 is 20.0 Å². The van der Waals surface area contributed by atoms with Crippen molar-refractivity contribution in [3.05, 3.63) is 65.2 Å². The number of aliphatic hydroxyl groups excluding tert-OH is 1. The summed E-state index contributed by atoms with van der Waals surface area (Å²) in [5, 5.41) is 20.0. The SMILES string of the molecule is O=C(O)N1CCC2(CC1)CC(O)c1cc(F)ccc1N2Cc1ccc(F)cc1. The van der Waals surface area contributed by atoms with Gasteiger partial charge in [0.25, 0.3) is 0 Å². The van der Waals surface area contributed by atoms with E-state index in [0.29, 0.717) is 44.5 Å². The third-order valence-corrected chi connectivity index (χ3v) is 6.00. The van der Waals surface area contributed by atoms with Crippen molar-refractivity contribution in [2.45, 2.75) is 37.5 Å². The molecule has 5 nitrogen and oxygen atoms in total. The van der Waals surface area contributed by atoms with Crippen LogP contribution in [0.2, 0.25) is 0 Å². The predicted molar refractivity (Wildman–Crippen MR) is 100 cm³/mol. The summed E-state index contributed by atoms with van der Waals surface area (Å²) >= 11 is 0. The smallest absolute Gasteiger partial charge is 0.407 e. The van der Waals surface area contributed by atoms with Crippen LogP contribution in [0, 0.1) is 11.6 Å². The minimum absolute atomic E-state index is 0.315.